The van der Waals surface area contributed by atoms with Gasteiger partial charge in [0.1, 0.15) is 6.54 Å². The van der Waals surface area contributed by atoms with Crippen molar-refractivity contribution in [3.63, 3.8) is 0 Å². The lowest BCUT2D eigenvalue weighted by Gasteiger charge is -2.30. The summed E-state index contributed by atoms with van der Waals surface area (Å²) in [6, 6.07) is 6.10. The van der Waals surface area contributed by atoms with Crippen molar-refractivity contribution in [3.8, 4) is 0 Å². The number of rotatable bonds is 7. The number of carbonyl (C=O) groups is 3. The van der Waals surface area contributed by atoms with Gasteiger partial charge in [0, 0.05) is 30.3 Å². The van der Waals surface area contributed by atoms with Crippen molar-refractivity contribution >= 4 is 33.5 Å². The fourth-order valence-corrected chi connectivity index (χ4v) is 3.92. The summed E-state index contributed by atoms with van der Waals surface area (Å²) in [5.74, 6) is -2.06. The molecule has 1 saturated heterocycles. The first-order valence-corrected chi connectivity index (χ1v) is 10.2. The van der Waals surface area contributed by atoms with E-state index in [1.807, 2.05) is 0 Å². The Balaban J connectivity index is 1.88. The second-order valence-corrected chi connectivity index (χ2v) is 8.47. The zero-order chi connectivity index (χ0) is 20.0. The third-order valence-electron chi connectivity index (χ3n) is 4.40. The average Bonchev–Trinajstić information content (AvgIpc) is 2.66. The topological polar surface area (TPSA) is 133 Å². The Morgan fingerprint density at radius 1 is 1.15 bits per heavy atom. The highest BCUT2D eigenvalue weighted by molar-refractivity contribution is 7.89. The predicted octanol–water partition coefficient (Wildman–Crippen LogP) is 0.501. The van der Waals surface area contributed by atoms with Crippen molar-refractivity contribution in [1.82, 2.24) is 9.62 Å². The molecule has 0 aromatic heterocycles. The largest absolute Gasteiger partial charge is 0.480 e. The summed E-state index contributed by atoms with van der Waals surface area (Å²) >= 11 is 0. The zero-order valence-electron chi connectivity index (χ0n) is 15.0. The number of sulfonamides is 1. The standard InChI is InChI=1S/C17H23N3O6S/c1-2-27(25,26)20-9-7-13(8-10-20)17(24)19-14-5-3-12(4-6-14)16(23)18-11-15(21)22/h3-6,13H,2,7-11H2,1H3,(H,18,23)(H,19,24)(H,21,22). The molecule has 0 bridgehead atoms. The molecule has 0 saturated carbocycles. The van der Waals surface area contributed by atoms with Gasteiger partial charge in [-0.25, -0.2) is 12.7 Å². The zero-order valence-corrected chi connectivity index (χ0v) is 15.8. The molecular formula is C17H23N3O6S. The van der Waals surface area contributed by atoms with Gasteiger partial charge in [0.15, 0.2) is 0 Å². The first kappa shape index (κ1) is 20.8. The summed E-state index contributed by atoms with van der Waals surface area (Å²) in [5, 5.41) is 13.6. The fourth-order valence-electron chi connectivity index (χ4n) is 2.79. The Hall–Kier alpha value is -2.46. The molecule has 0 spiro atoms. The fraction of sp³-hybridized carbons (Fsp3) is 0.471. The van der Waals surface area contributed by atoms with Gasteiger partial charge in [-0.15, -0.1) is 0 Å². The number of hydrogen-bond acceptors (Lipinski definition) is 5. The van der Waals surface area contributed by atoms with Gasteiger partial charge in [-0.05, 0) is 44.0 Å². The summed E-state index contributed by atoms with van der Waals surface area (Å²) < 4.78 is 25.1. The van der Waals surface area contributed by atoms with Crippen molar-refractivity contribution in [2.45, 2.75) is 19.8 Å². The molecule has 9 nitrogen and oxygen atoms in total. The molecule has 0 atom stereocenters. The molecule has 1 aliphatic heterocycles. The van der Waals surface area contributed by atoms with Crippen LogP contribution >= 0.6 is 0 Å². The van der Waals surface area contributed by atoms with Crippen molar-refractivity contribution < 1.29 is 27.9 Å². The average molecular weight is 397 g/mol. The summed E-state index contributed by atoms with van der Waals surface area (Å²) in [5.41, 5.74) is 0.797. The van der Waals surface area contributed by atoms with Gasteiger partial charge < -0.3 is 15.7 Å². The van der Waals surface area contributed by atoms with E-state index in [0.717, 1.165) is 0 Å². The summed E-state index contributed by atoms with van der Waals surface area (Å²) in [7, 11) is -3.23. The van der Waals surface area contributed by atoms with Crippen molar-refractivity contribution in [2.75, 3.05) is 30.7 Å². The van der Waals surface area contributed by atoms with Gasteiger partial charge >= 0.3 is 5.97 Å². The third-order valence-corrected chi connectivity index (χ3v) is 6.28. The Labute approximate surface area is 157 Å². The smallest absolute Gasteiger partial charge is 0.322 e. The lowest BCUT2D eigenvalue weighted by Crippen LogP contribution is -2.42. The van der Waals surface area contributed by atoms with Gasteiger partial charge in [0.2, 0.25) is 15.9 Å². The minimum Gasteiger partial charge on any atom is -0.480 e. The van der Waals surface area contributed by atoms with Crippen LogP contribution in [-0.2, 0) is 19.6 Å². The summed E-state index contributed by atoms with van der Waals surface area (Å²) in [4.78, 5) is 34.6. The molecule has 1 heterocycles. The summed E-state index contributed by atoms with van der Waals surface area (Å²) in [6.07, 6.45) is 0.918. The number of anilines is 1. The van der Waals surface area contributed by atoms with E-state index in [1.165, 1.54) is 16.4 Å². The van der Waals surface area contributed by atoms with E-state index in [2.05, 4.69) is 10.6 Å². The van der Waals surface area contributed by atoms with E-state index in [4.69, 9.17) is 5.11 Å². The van der Waals surface area contributed by atoms with E-state index in [9.17, 15) is 22.8 Å². The highest BCUT2D eigenvalue weighted by Crippen LogP contribution is 2.21. The normalized spacial score (nSPS) is 15.9. The number of benzene rings is 1. The van der Waals surface area contributed by atoms with Gasteiger partial charge in [0.25, 0.3) is 5.91 Å². The van der Waals surface area contributed by atoms with Gasteiger partial charge in [-0.2, -0.15) is 0 Å². The Bertz CT molecular complexity index is 798. The quantitative estimate of drug-likeness (QED) is 0.614. The summed E-state index contributed by atoms with van der Waals surface area (Å²) in [6.45, 7) is 1.79. The maximum atomic E-state index is 12.4. The minimum atomic E-state index is -3.23. The van der Waals surface area contributed by atoms with Crippen LogP contribution in [0.1, 0.15) is 30.1 Å². The number of piperidine rings is 1. The lowest BCUT2D eigenvalue weighted by atomic mass is 9.97. The molecule has 10 heteroatoms. The first-order valence-electron chi connectivity index (χ1n) is 8.61. The van der Waals surface area contributed by atoms with Gasteiger partial charge in [-0.1, -0.05) is 0 Å². The number of nitrogens with zero attached hydrogens (tertiary/aromatic N) is 1. The molecule has 3 N–H and O–H groups in total. The van der Waals surface area contributed by atoms with Crippen LogP contribution in [0.2, 0.25) is 0 Å². The molecule has 1 aromatic rings. The van der Waals surface area contributed by atoms with Crippen molar-refractivity contribution in [3.05, 3.63) is 29.8 Å². The van der Waals surface area contributed by atoms with Crippen molar-refractivity contribution in [2.24, 2.45) is 5.92 Å². The molecule has 0 aliphatic carbocycles. The lowest BCUT2D eigenvalue weighted by molar-refractivity contribution is -0.135. The van der Waals surface area contributed by atoms with Crippen LogP contribution in [0.15, 0.2) is 24.3 Å². The number of aliphatic carboxylic acids is 1. The van der Waals surface area contributed by atoms with Crippen LogP contribution < -0.4 is 10.6 Å². The second kappa shape index (κ2) is 8.96. The van der Waals surface area contributed by atoms with Crippen LogP contribution in [0, 0.1) is 5.92 Å². The van der Waals surface area contributed by atoms with Crippen LogP contribution in [0.25, 0.3) is 0 Å². The Kier molecular flexibility index (Phi) is 6.92. The van der Waals surface area contributed by atoms with E-state index >= 15 is 0 Å². The van der Waals surface area contributed by atoms with Crippen LogP contribution in [0.4, 0.5) is 5.69 Å². The molecule has 27 heavy (non-hydrogen) atoms. The molecule has 0 unspecified atom stereocenters. The number of carboxylic acid groups (broad SMARTS) is 1. The third kappa shape index (κ3) is 5.76. The molecule has 1 aliphatic rings. The number of hydrogen-bond donors (Lipinski definition) is 3. The number of carbonyl (C=O) groups excluding carboxylic acids is 2. The van der Waals surface area contributed by atoms with Crippen LogP contribution in [-0.4, -0.2) is 61.0 Å². The molecular weight excluding hydrogens is 374 g/mol. The van der Waals surface area contributed by atoms with Crippen molar-refractivity contribution in [1.29, 1.82) is 0 Å². The van der Waals surface area contributed by atoms with Crippen LogP contribution in [0.3, 0.4) is 0 Å². The molecule has 1 fully saturated rings. The Morgan fingerprint density at radius 3 is 2.26 bits per heavy atom. The monoisotopic (exact) mass is 397 g/mol. The van der Waals surface area contributed by atoms with E-state index < -0.39 is 28.4 Å². The molecule has 2 rings (SSSR count). The van der Waals surface area contributed by atoms with E-state index in [-0.39, 0.29) is 23.1 Å². The van der Waals surface area contributed by atoms with E-state index in [1.54, 1.807) is 19.1 Å². The predicted molar refractivity (Wildman–Crippen MR) is 98.8 cm³/mol. The molecule has 1 aromatic carbocycles. The highest BCUT2D eigenvalue weighted by Gasteiger charge is 2.30. The highest BCUT2D eigenvalue weighted by atomic mass is 32.2. The number of carboxylic acids is 1. The maximum absolute atomic E-state index is 12.4. The molecule has 148 valence electrons. The minimum absolute atomic E-state index is 0.0518. The molecule has 0 radical (unpaired) electrons. The van der Waals surface area contributed by atoms with Gasteiger partial charge in [0.05, 0.1) is 5.75 Å². The van der Waals surface area contributed by atoms with E-state index in [0.29, 0.717) is 31.6 Å². The Morgan fingerprint density at radius 2 is 1.74 bits per heavy atom. The maximum Gasteiger partial charge on any atom is 0.322 e. The first-order chi connectivity index (χ1) is 12.7. The number of amides is 2. The molecule has 2 amide bonds. The SMILES string of the molecule is CCS(=O)(=O)N1CCC(C(=O)Nc2ccc(C(=O)NCC(=O)O)cc2)CC1. The van der Waals surface area contributed by atoms with Gasteiger partial charge in [-0.3, -0.25) is 14.4 Å². The second-order valence-electron chi connectivity index (χ2n) is 6.22. The number of nitrogens with one attached hydrogen (secondary N) is 2. The van der Waals surface area contributed by atoms with Crippen LogP contribution in [0.5, 0.6) is 0 Å².